The molecule has 0 aliphatic carbocycles. The summed E-state index contributed by atoms with van der Waals surface area (Å²) in [5.41, 5.74) is -0.774. The van der Waals surface area contributed by atoms with Gasteiger partial charge in [0.15, 0.2) is 0 Å². The van der Waals surface area contributed by atoms with E-state index in [9.17, 15) is 13.2 Å². The van der Waals surface area contributed by atoms with Crippen LogP contribution in [0.15, 0.2) is 0 Å². The molecule has 0 aromatic carbocycles. The highest BCUT2D eigenvalue weighted by molar-refractivity contribution is 4.98. The van der Waals surface area contributed by atoms with Gasteiger partial charge in [0, 0.05) is 18.1 Å². The fourth-order valence-corrected chi connectivity index (χ4v) is 2.91. The lowest BCUT2D eigenvalue weighted by Crippen LogP contribution is -2.48. The molecule has 0 spiro atoms. The first-order valence-electron chi connectivity index (χ1n) is 6.74. The van der Waals surface area contributed by atoms with Crippen LogP contribution in [0.25, 0.3) is 0 Å². The Labute approximate surface area is 108 Å². The van der Waals surface area contributed by atoms with Gasteiger partial charge in [-0.2, -0.15) is 13.2 Å². The monoisotopic (exact) mass is 266 g/mol. The van der Waals surface area contributed by atoms with Gasteiger partial charge in [0.05, 0.1) is 5.92 Å². The normalized spacial score (nSPS) is 26.5. The van der Waals surface area contributed by atoms with E-state index in [4.69, 9.17) is 0 Å². The third-order valence-corrected chi connectivity index (χ3v) is 4.14. The molecule has 1 rings (SSSR count). The molecule has 0 aromatic rings. The summed E-state index contributed by atoms with van der Waals surface area (Å²) in [6.07, 6.45) is -2.96. The Morgan fingerprint density at radius 3 is 2.44 bits per heavy atom. The summed E-state index contributed by atoms with van der Waals surface area (Å²) in [5.74, 6) is -1.19. The number of nitrogens with one attached hydrogen (secondary N) is 1. The maximum atomic E-state index is 12.9. The molecule has 108 valence electrons. The standard InChI is InChI=1S/C13H25F3N2/c1-5-17-10(2)6-8-18-9-7-11(12(18,3)4)13(14,15)16/h10-11,17H,5-9H2,1-4H3. The van der Waals surface area contributed by atoms with E-state index in [0.29, 0.717) is 12.6 Å². The molecule has 1 aliphatic rings. The van der Waals surface area contributed by atoms with Gasteiger partial charge in [-0.3, -0.25) is 4.90 Å². The summed E-state index contributed by atoms with van der Waals surface area (Å²) >= 11 is 0. The van der Waals surface area contributed by atoms with E-state index in [1.807, 2.05) is 11.8 Å². The number of rotatable bonds is 5. The third kappa shape index (κ3) is 3.60. The second kappa shape index (κ2) is 5.78. The number of halogens is 3. The molecule has 1 aliphatic heterocycles. The van der Waals surface area contributed by atoms with Crippen LogP contribution in [0.4, 0.5) is 13.2 Å². The second-order valence-corrected chi connectivity index (χ2v) is 5.77. The van der Waals surface area contributed by atoms with Crippen molar-refractivity contribution in [2.75, 3.05) is 19.6 Å². The van der Waals surface area contributed by atoms with Gasteiger partial charge in [-0.1, -0.05) is 6.92 Å². The van der Waals surface area contributed by atoms with Crippen molar-refractivity contribution in [1.82, 2.24) is 10.2 Å². The van der Waals surface area contributed by atoms with Crippen LogP contribution < -0.4 is 5.32 Å². The summed E-state index contributed by atoms with van der Waals surface area (Å²) in [6.45, 7) is 9.73. The predicted octanol–water partition coefficient (Wildman–Crippen LogP) is 3.04. The van der Waals surface area contributed by atoms with Gasteiger partial charge in [0.2, 0.25) is 0 Å². The first-order chi connectivity index (χ1) is 8.19. The highest BCUT2D eigenvalue weighted by Gasteiger charge is 2.54. The molecule has 0 saturated carbocycles. The van der Waals surface area contributed by atoms with E-state index < -0.39 is 17.6 Å². The smallest absolute Gasteiger partial charge is 0.314 e. The zero-order valence-corrected chi connectivity index (χ0v) is 11.8. The number of likely N-dealkylation sites (tertiary alicyclic amines) is 1. The molecule has 2 unspecified atom stereocenters. The molecule has 1 fully saturated rings. The van der Waals surface area contributed by atoms with E-state index in [1.165, 1.54) is 0 Å². The second-order valence-electron chi connectivity index (χ2n) is 5.77. The van der Waals surface area contributed by atoms with Crippen LogP contribution in [0.2, 0.25) is 0 Å². The highest BCUT2D eigenvalue weighted by Crippen LogP contribution is 2.44. The van der Waals surface area contributed by atoms with Gasteiger partial charge in [0.1, 0.15) is 0 Å². The average molecular weight is 266 g/mol. The first kappa shape index (κ1) is 15.8. The van der Waals surface area contributed by atoms with Crippen LogP contribution in [0.3, 0.4) is 0 Å². The lowest BCUT2D eigenvalue weighted by molar-refractivity contribution is -0.191. The SMILES string of the molecule is CCNC(C)CCN1CCC(C(F)(F)F)C1(C)C. The van der Waals surface area contributed by atoms with E-state index in [0.717, 1.165) is 19.5 Å². The quantitative estimate of drug-likeness (QED) is 0.823. The fraction of sp³-hybridized carbons (Fsp3) is 1.00. The summed E-state index contributed by atoms with van der Waals surface area (Å²) in [5, 5.41) is 3.29. The molecule has 0 radical (unpaired) electrons. The zero-order chi connectivity index (χ0) is 14.0. The van der Waals surface area contributed by atoms with Crippen molar-refractivity contribution in [1.29, 1.82) is 0 Å². The van der Waals surface area contributed by atoms with Crippen LogP contribution in [0.1, 0.15) is 40.5 Å². The highest BCUT2D eigenvalue weighted by atomic mass is 19.4. The van der Waals surface area contributed by atoms with Gasteiger partial charge < -0.3 is 5.32 Å². The number of alkyl halides is 3. The zero-order valence-electron chi connectivity index (χ0n) is 11.8. The van der Waals surface area contributed by atoms with E-state index in [2.05, 4.69) is 12.2 Å². The first-order valence-corrected chi connectivity index (χ1v) is 6.74. The summed E-state index contributed by atoms with van der Waals surface area (Å²) in [6, 6.07) is 0.357. The van der Waals surface area contributed by atoms with E-state index in [1.54, 1.807) is 13.8 Å². The Morgan fingerprint density at radius 2 is 2.00 bits per heavy atom. The van der Waals surface area contributed by atoms with E-state index in [-0.39, 0.29) is 6.42 Å². The maximum Gasteiger partial charge on any atom is 0.393 e. The molecular formula is C13H25F3N2. The Hall–Kier alpha value is -0.290. The summed E-state index contributed by atoms with van der Waals surface area (Å²) in [4.78, 5) is 1.99. The van der Waals surface area contributed by atoms with Crippen molar-refractivity contribution < 1.29 is 13.2 Å². The number of hydrogen-bond donors (Lipinski definition) is 1. The number of nitrogens with zero attached hydrogens (tertiary/aromatic N) is 1. The Kier molecular flexibility index (Phi) is 5.06. The number of hydrogen-bond acceptors (Lipinski definition) is 2. The molecule has 0 amide bonds. The van der Waals surface area contributed by atoms with Crippen molar-refractivity contribution in [2.24, 2.45) is 5.92 Å². The van der Waals surface area contributed by atoms with Gasteiger partial charge in [-0.25, -0.2) is 0 Å². The van der Waals surface area contributed by atoms with Crippen molar-refractivity contribution >= 4 is 0 Å². The molecule has 2 atom stereocenters. The van der Waals surface area contributed by atoms with Crippen LogP contribution in [-0.4, -0.2) is 42.3 Å². The fourth-order valence-electron chi connectivity index (χ4n) is 2.91. The van der Waals surface area contributed by atoms with Gasteiger partial charge in [-0.15, -0.1) is 0 Å². The van der Waals surface area contributed by atoms with Crippen LogP contribution >= 0.6 is 0 Å². The molecular weight excluding hydrogens is 241 g/mol. The van der Waals surface area contributed by atoms with Crippen molar-refractivity contribution in [2.45, 2.75) is 58.3 Å². The lowest BCUT2D eigenvalue weighted by Gasteiger charge is -2.37. The molecule has 0 bridgehead atoms. The Morgan fingerprint density at radius 1 is 1.39 bits per heavy atom. The molecule has 1 saturated heterocycles. The lowest BCUT2D eigenvalue weighted by atomic mass is 9.88. The van der Waals surface area contributed by atoms with Crippen molar-refractivity contribution in [3.8, 4) is 0 Å². The largest absolute Gasteiger partial charge is 0.393 e. The minimum Gasteiger partial charge on any atom is -0.314 e. The Bertz CT molecular complexity index is 263. The minimum atomic E-state index is -4.08. The molecule has 1 N–H and O–H groups in total. The molecule has 1 heterocycles. The third-order valence-electron chi connectivity index (χ3n) is 4.14. The van der Waals surface area contributed by atoms with Gasteiger partial charge >= 0.3 is 6.18 Å². The van der Waals surface area contributed by atoms with Crippen molar-refractivity contribution in [3.63, 3.8) is 0 Å². The molecule has 18 heavy (non-hydrogen) atoms. The average Bonchev–Trinajstić information content (AvgIpc) is 2.50. The molecule has 5 heteroatoms. The Balaban J connectivity index is 2.54. The van der Waals surface area contributed by atoms with Crippen LogP contribution in [-0.2, 0) is 0 Å². The van der Waals surface area contributed by atoms with Crippen LogP contribution in [0, 0.1) is 5.92 Å². The molecule has 2 nitrogen and oxygen atoms in total. The summed E-state index contributed by atoms with van der Waals surface area (Å²) < 4.78 is 38.7. The minimum absolute atomic E-state index is 0.228. The summed E-state index contributed by atoms with van der Waals surface area (Å²) in [7, 11) is 0. The van der Waals surface area contributed by atoms with E-state index >= 15 is 0 Å². The van der Waals surface area contributed by atoms with Gasteiger partial charge in [0.25, 0.3) is 0 Å². The topological polar surface area (TPSA) is 15.3 Å². The maximum absolute atomic E-state index is 12.9. The molecule has 0 aromatic heterocycles. The van der Waals surface area contributed by atoms with Crippen LogP contribution in [0.5, 0.6) is 0 Å². The predicted molar refractivity (Wildman–Crippen MR) is 67.6 cm³/mol. The van der Waals surface area contributed by atoms with Crippen molar-refractivity contribution in [3.05, 3.63) is 0 Å². The van der Waals surface area contributed by atoms with Gasteiger partial charge in [-0.05, 0) is 46.7 Å².